The first-order chi connectivity index (χ1) is 17.4. The lowest BCUT2D eigenvalue weighted by molar-refractivity contribution is 0.0981. The van der Waals surface area contributed by atoms with Gasteiger partial charge in [0.15, 0.2) is 0 Å². The van der Waals surface area contributed by atoms with E-state index in [1.807, 2.05) is 4.90 Å². The number of carboxylic acid groups (broad SMARTS) is 3. The second-order valence-corrected chi connectivity index (χ2v) is 9.97. The molecule has 1 aromatic rings. The maximum atomic E-state index is 11.6. The molecular weight excluding hydrogens is 515 g/mol. The van der Waals surface area contributed by atoms with Crippen molar-refractivity contribution in [3.05, 3.63) is 18.2 Å². The van der Waals surface area contributed by atoms with Gasteiger partial charge in [-0.1, -0.05) is 0 Å². The van der Waals surface area contributed by atoms with E-state index in [1.165, 1.54) is 12.1 Å². The van der Waals surface area contributed by atoms with Gasteiger partial charge >= 0.3 is 25.9 Å². The molecule has 1 aliphatic rings. The van der Waals surface area contributed by atoms with Crippen LogP contribution in [0.3, 0.4) is 0 Å². The first kappa shape index (κ1) is 30.0. The molecule has 208 valence electrons. The Morgan fingerprint density at radius 3 is 1.68 bits per heavy atom. The molecule has 0 aliphatic carbocycles. The van der Waals surface area contributed by atoms with Crippen LogP contribution in [0.4, 0.5) is 14.4 Å². The van der Waals surface area contributed by atoms with Crippen molar-refractivity contribution in [1.82, 2.24) is 19.6 Å². The number of nitrogens with zero attached hydrogens (tertiary/aromatic N) is 4. The van der Waals surface area contributed by atoms with Gasteiger partial charge in [0.25, 0.3) is 0 Å². The standard InChI is InChI=1S/C21H33N4O11P/c26-16-3-4-17(18(15-16)37(33,34)35)36-14-2-1-5-22-6-8-23(19(27)28)10-12-25(21(31)32)13-11-24(9-7-22)20(29)30/h3-4,15,26H,1-2,5-14H2,(H,27,28)(H,29,30)(H,31,32)(H2,33,34,35). The fraction of sp³-hybridized carbons (Fsp3) is 0.571. The van der Waals surface area contributed by atoms with Gasteiger partial charge in [-0.2, -0.15) is 0 Å². The van der Waals surface area contributed by atoms with Gasteiger partial charge in [0.2, 0.25) is 0 Å². The van der Waals surface area contributed by atoms with Crippen LogP contribution in [0.25, 0.3) is 0 Å². The number of phenolic OH excluding ortho intramolecular Hbond substituents is 1. The first-order valence-corrected chi connectivity index (χ1v) is 13.2. The molecule has 0 saturated carbocycles. The summed E-state index contributed by atoms with van der Waals surface area (Å²) in [6, 6.07) is 3.47. The van der Waals surface area contributed by atoms with Crippen molar-refractivity contribution in [2.45, 2.75) is 12.8 Å². The monoisotopic (exact) mass is 548 g/mol. The number of rotatable bonds is 7. The smallest absolute Gasteiger partial charge is 0.407 e. The summed E-state index contributed by atoms with van der Waals surface area (Å²) in [6.45, 7) is 1.14. The lowest BCUT2D eigenvalue weighted by atomic mass is 10.2. The minimum Gasteiger partial charge on any atom is -0.508 e. The average Bonchev–Trinajstić information content (AvgIpc) is 2.79. The van der Waals surface area contributed by atoms with E-state index >= 15 is 0 Å². The number of benzene rings is 1. The van der Waals surface area contributed by atoms with Crippen LogP contribution in [-0.4, -0.2) is 134 Å². The zero-order valence-electron chi connectivity index (χ0n) is 20.2. The molecule has 0 aromatic heterocycles. The largest absolute Gasteiger partial charge is 0.508 e. The van der Waals surface area contributed by atoms with Crippen LogP contribution in [0.5, 0.6) is 11.5 Å². The van der Waals surface area contributed by atoms with E-state index in [2.05, 4.69) is 0 Å². The van der Waals surface area contributed by atoms with Crippen LogP contribution in [-0.2, 0) is 4.57 Å². The van der Waals surface area contributed by atoms with Crippen molar-refractivity contribution in [2.24, 2.45) is 0 Å². The quantitative estimate of drug-likeness (QED) is 0.204. The summed E-state index contributed by atoms with van der Waals surface area (Å²) in [5, 5.41) is 37.4. The van der Waals surface area contributed by atoms with E-state index < -0.39 is 31.2 Å². The van der Waals surface area contributed by atoms with Crippen LogP contribution in [0, 0.1) is 0 Å². The van der Waals surface area contributed by atoms with Crippen LogP contribution in [0.15, 0.2) is 18.2 Å². The van der Waals surface area contributed by atoms with E-state index in [0.29, 0.717) is 32.5 Å². The molecule has 3 amide bonds. The van der Waals surface area contributed by atoms with Crippen molar-refractivity contribution in [2.75, 3.05) is 65.5 Å². The summed E-state index contributed by atoms with van der Waals surface area (Å²) in [6.07, 6.45) is -2.57. The molecule has 2 rings (SSSR count). The SMILES string of the molecule is O=C(O)N1CCN(CCCCOc2ccc(O)cc2P(=O)(O)O)CCN(C(=O)O)CCN(C(=O)O)CC1. The third kappa shape index (κ3) is 9.96. The zero-order valence-corrected chi connectivity index (χ0v) is 21.1. The Balaban J connectivity index is 1.97. The van der Waals surface area contributed by atoms with Crippen LogP contribution < -0.4 is 10.0 Å². The van der Waals surface area contributed by atoms with Gasteiger partial charge in [-0.15, -0.1) is 0 Å². The maximum Gasteiger partial charge on any atom is 0.407 e. The molecule has 1 heterocycles. The van der Waals surface area contributed by atoms with Gasteiger partial charge in [0.05, 0.1) is 6.61 Å². The summed E-state index contributed by atoms with van der Waals surface area (Å²) in [7, 11) is -4.65. The number of hydrogen-bond donors (Lipinski definition) is 6. The van der Waals surface area contributed by atoms with Gasteiger partial charge in [-0.25, -0.2) is 14.4 Å². The van der Waals surface area contributed by atoms with Gasteiger partial charge in [0.1, 0.15) is 16.8 Å². The topological polar surface area (TPSA) is 212 Å². The van der Waals surface area contributed by atoms with Gasteiger partial charge in [0, 0.05) is 52.4 Å². The molecule has 0 spiro atoms. The van der Waals surface area contributed by atoms with E-state index in [-0.39, 0.29) is 57.4 Å². The van der Waals surface area contributed by atoms with Crippen molar-refractivity contribution in [3.8, 4) is 11.5 Å². The molecule has 0 radical (unpaired) electrons. The molecule has 0 bridgehead atoms. The molecule has 16 heteroatoms. The Morgan fingerprint density at radius 2 is 1.24 bits per heavy atom. The number of carbonyl (C=O) groups is 3. The van der Waals surface area contributed by atoms with Gasteiger partial charge in [-0.05, 0) is 37.6 Å². The first-order valence-electron chi connectivity index (χ1n) is 11.6. The normalized spacial score (nSPS) is 16.5. The lowest BCUT2D eigenvalue weighted by Crippen LogP contribution is -2.49. The molecule has 15 nitrogen and oxygen atoms in total. The van der Waals surface area contributed by atoms with Crippen molar-refractivity contribution in [3.63, 3.8) is 0 Å². The molecule has 1 aromatic carbocycles. The molecule has 1 saturated heterocycles. The molecule has 6 N–H and O–H groups in total. The fourth-order valence-corrected chi connectivity index (χ4v) is 4.45. The highest BCUT2D eigenvalue weighted by Crippen LogP contribution is 2.38. The number of hydrogen-bond acceptors (Lipinski definition) is 7. The van der Waals surface area contributed by atoms with Gasteiger partial charge in [-0.3, -0.25) is 9.46 Å². The molecule has 1 fully saturated rings. The maximum absolute atomic E-state index is 11.6. The molecule has 37 heavy (non-hydrogen) atoms. The van der Waals surface area contributed by atoms with Gasteiger partial charge < -0.3 is 49.6 Å². The van der Waals surface area contributed by atoms with E-state index in [1.54, 1.807) is 0 Å². The Labute approximate surface area is 213 Å². The molecule has 0 unspecified atom stereocenters. The number of amides is 3. The van der Waals surface area contributed by atoms with Crippen LogP contribution in [0.1, 0.15) is 12.8 Å². The summed E-state index contributed by atoms with van der Waals surface area (Å²) in [5.41, 5.74) is 0. The Morgan fingerprint density at radius 1 is 0.784 bits per heavy atom. The number of ether oxygens (including phenoxy) is 1. The highest BCUT2D eigenvalue weighted by molar-refractivity contribution is 7.60. The third-order valence-electron chi connectivity index (χ3n) is 5.85. The zero-order chi connectivity index (χ0) is 27.6. The number of unbranched alkanes of at least 4 members (excludes halogenated alkanes) is 1. The minimum absolute atomic E-state index is 0.0398. The summed E-state index contributed by atoms with van der Waals surface area (Å²) in [5.74, 6) is -0.343. The van der Waals surface area contributed by atoms with E-state index in [4.69, 9.17) is 4.74 Å². The van der Waals surface area contributed by atoms with Crippen molar-refractivity contribution >= 4 is 31.2 Å². The van der Waals surface area contributed by atoms with E-state index in [9.17, 15) is 49.2 Å². The summed E-state index contributed by atoms with van der Waals surface area (Å²) < 4.78 is 17.1. The number of aromatic hydroxyl groups is 1. The predicted octanol–water partition coefficient (Wildman–Crippen LogP) is 0.610. The predicted molar refractivity (Wildman–Crippen MR) is 130 cm³/mol. The second-order valence-electron chi connectivity index (χ2n) is 8.40. The summed E-state index contributed by atoms with van der Waals surface area (Å²) in [4.78, 5) is 58.7. The molecule has 1 aliphatic heterocycles. The molecular formula is C21H33N4O11P. The second kappa shape index (κ2) is 13.9. The summed E-state index contributed by atoms with van der Waals surface area (Å²) >= 11 is 0. The fourth-order valence-electron chi connectivity index (χ4n) is 3.73. The Hall–Kier alpha value is -3.26. The average molecular weight is 548 g/mol. The Bertz CT molecular complexity index is 959. The van der Waals surface area contributed by atoms with Crippen LogP contribution >= 0.6 is 7.60 Å². The van der Waals surface area contributed by atoms with E-state index in [0.717, 1.165) is 20.8 Å². The number of phenols is 1. The highest BCUT2D eigenvalue weighted by Gasteiger charge is 2.24. The Kier molecular flexibility index (Phi) is 11.2. The van der Waals surface area contributed by atoms with Crippen molar-refractivity contribution in [1.29, 1.82) is 0 Å². The minimum atomic E-state index is -4.65. The lowest BCUT2D eigenvalue weighted by Gasteiger charge is -2.32. The highest BCUT2D eigenvalue weighted by atomic mass is 31.2. The molecule has 0 atom stereocenters. The third-order valence-corrected chi connectivity index (χ3v) is 6.82. The van der Waals surface area contributed by atoms with Crippen LogP contribution in [0.2, 0.25) is 0 Å². The van der Waals surface area contributed by atoms with Crippen molar-refractivity contribution < 1.29 is 53.9 Å².